The molecule has 0 spiro atoms. The predicted molar refractivity (Wildman–Crippen MR) is 142 cm³/mol. The largest absolute Gasteiger partial charge is 0.471 e. The Morgan fingerprint density at radius 1 is 1.26 bits per heavy atom. The molecule has 0 aliphatic carbocycles. The van der Waals surface area contributed by atoms with Gasteiger partial charge in [-0.2, -0.15) is 12.8 Å². The van der Waals surface area contributed by atoms with Gasteiger partial charge in [0.05, 0.1) is 17.9 Å². The molecule has 1 saturated heterocycles. The van der Waals surface area contributed by atoms with E-state index in [-0.39, 0.29) is 28.0 Å². The van der Waals surface area contributed by atoms with E-state index >= 15 is 0 Å². The van der Waals surface area contributed by atoms with Crippen LogP contribution < -0.4 is 21.1 Å². The lowest BCUT2D eigenvalue weighted by molar-refractivity contribution is 0.0996. The molecule has 2 aromatic rings. The molecular weight excluding hydrogens is 584 g/mol. The van der Waals surface area contributed by atoms with Crippen molar-refractivity contribution in [2.45, 2.75) is 38.4 Å². The van der Waals surface area contributed by atoms with Crippen LogP contribution in [0.5, 0.6) is 5.88 Å². The van der Waals surface area contributed by atoms with Crippen LogP contribution in [0.3, 0.4) is 0 Å². The zero-order chi connectivity index (χ0) is 29.2. The predicted octanol–water partition coefficient (Wildman–Crippen LogP) is 2.62. The molecule has 1 atom stereocenters. The fourth-order valence-electron chi connectivity index (χ4n) is 3.51. The maximum atomic E-state index is 14.0. The number of nitrogens with one attached hydrogen (secondary N) is 2. The summed E-state index contributed by atoms with van der Waals surface area (Å²) in [5, 5.41) is 15.1. The van der Waals surface area contributed by atoms with E-state index in [4.69, 9.17) is 26.6 Å². The van der Waals surface area contributed by atoms with E-state index < -0.39 is 52.0 Å². The van der Waals surface area contributed by atoms with E-state index in [2.05, 4.69) is 19.9 Å². The van der Waals surface area contributed by atoms with Crippen LogP contribution in [-0.2, 0) is 16.7 Å². The molecule has 12 nitrogen and oxygen atoms in total. The summed E-state index contributed by atoms with van der Waals surface area (Å²) in [7, 11) is -3.67. The minimum absolute atomic E-state index is 0.0200. The van der Waals surface area contributed by atoms with Crippen LogP contribution in [-0.4, -0.2) is 77.8 Å². The smallest absolute Gasteiger partial charge is 0.319 e. The normalized spacial score (nSPS) is 14.3. The molecule has 1 unspecified atom stereocenters. The maximum absolute atomic E-state index is 14.0. The number of amides is 3. The molecule has 3 rings (SSSR count). The second kappa shape index (κ2) is 15.2. The van der Waals surface area contributed by atoms with Crippen molar-refractivity contribution in [1.82, 2.24) is 14.6 Å². The lowest BCUT2D eigenvalue weighted by Gasteiger charge is -2.17. The number of primary amides is 1. The number of halogens is 3. The van der Waals surface area contributed by atoms with E-state index in [1.165, 1.54) is 12.8 Å². The number of hydrogen-bond acceptors (Lipinski definition) is 9. The van der Waals surface area contributed by atoms with Crippen molar-refractivity contribution in [2.24, 2.45) is 5.73 Å². The van der Waals surface area contributed by atoms with Crippen LogP contribution in [0.15, 0.2) is 12.1 Å². The number of anilines is 1. The van der Waals surface area contributed by atoms with Gasteiger partial charge in [0.25, 0.3) is 16.0 Å². The van der Waals surface area contributed by atoms with Crippen LogP contribution in [0, 0.1) is 11.6 Å². The highest BCUT2D eigenvalue weighted by molar-refractivity contribution is 7.85. The highest BCUT2D eigenvalue weighted by Crippen LogP contribution is 2.31. The monoisotopic (exact) mass is 613 g/mol. The first-order chi connectivity index (χ1) is 18.2. The molecule has 218 valence electrons. The van der Waals surface area contributed by atoms with Crippen molar-refractivity contribution in [3.05, 3.63) is 39.9 Å². The first-order valence-corrected chi connectivity index (χ1v) is 14.7. The fraction of sp³-hybridized carbons (Fsp3) is 0.500. The highest BCUT2D eigenvalue weighted by Gasteiger charge is 2.23. The van der Waals surface area contributed by atoms with Gasteiger partial charge in [-0.1, -0.05) is 11.6 Å². The molecule has 1 aliphatic rings. The number of carbonyl (C=O) groups excluding carboxylic acids is 2. The number of urea groups is 1. The molecule has 1 fully saturated rings. The molecule has 6 N–H and O–H groups in total. The topological polar surface area (TPSA) is 184 Å². The van der Waals surface area contributed by atoms with Gasteiger partial charge in [-0.25, -0.2) is 13.6 Å². The van der Waals surface area contributed by atoms with E-state index in [1.54, 1.807) is 0 Å². The Kier molecular flexibility index (Phi) is 12.7. The third kappa shape index (κ3) is 12.0. The van der Waals surface area contributed by atoms with Gasteiger partial charge in [0.2, 0.25) is 5.88 Å². The van der Waals surface area contributed by atoms with Gasteiger partial charge < -0.3 is 25.8 Å². The molecule has 17 heteroatoms. The lowest BCUT2D eigenvalue weighted by Crippen LogP contribution is -2.32. The average molecular weight is 614 g/mol. The zero-order valence-electron chi connectivity index (χ0n) is 21.0. The van der Waals surface area contributed by atoms with E-state index in [0.717, 1.165) is 43.3 Å². The number of nitrogens with zero attached hydrogens (tertiary/aromatic N) is 2. The Hall–Kier alpha value is -2.63. The summed E-state index contributed by atoms with van der Waals surface area (Å²) in [4.78, 5) is 26.4. The summed E-state index contributed by atoms with van der Waals surface area (Å²) in [6.45, 7) is 2.58. The third-order valence-electron chi connectivity index (χ3n) is 5.33. The van der Waals surface area contributed by atoms with E-state index in [1.807, 2.05) is 0 Å². The van der Waals surface area contributed by atoms with Crippen LogP contribution in [0.4, 0.5) is 18.6 Å². The van der Waals surface area contributed by atoms with E-state index in [0.29, 0.717) is 19.1 Å². The number of hydrogen-bond donors (Lipinski definition) is 5. The third-order valence-corrected chi connectivity index (χ3v) is 6.30. The van der Waals surface area contributed by atoms with Crippen molar-refractivity contribution in [2.75, 3.05) is 37.8 Å². The summed E-state index contributed by atoms with van der Waals surface area (Å²) < 4.78 is 63.0. The van der Waals surface area contributed by atoms with Crippen molar-refractivity contribution in [3.63, 3.8) is 0 Å². The minimum Gasteiger partial charge on any atom is -0.471 e. The van der Waals surface area contributed by atoms with Gasteiger partial charge in [-0.3, -0.25) is 14.7 Å². The van der Waals surface area contributed by atoms with Crippen LogP contribution in [0.1, 0.15) is 41.6 Å². The van der Waals surface area contributed by atoms with Gasteiger partial charge in [-0.05, 0) is 62.4 Å². The Balaban J connectivity index is 0.000000976. The Morgan fingerprint density at radius 2 is 1.85 bits per heavy atom. The molecule has 1 aromatic carbocycles. The summed E-state index contributed by atoms with van der Waals surface area (Å²) >= 11 is 6.33. The average Bonchev–Trinajstić information content (AvgIpc) is 3.46. The Bertz CT molecular complexity index is 1210. The molecule has 1 aromatic heterocycles. The van der Waals surface area contributed by atoms with E-state index in [9.17, 15) is 31.9 Å². The fourth-order valence-corrected chi connectivity index (χ4v) is 4.44. The highest BCUT2D eigenvalue weighted by atomic mass is 35.5. The summed E-state index contributed by atoms with van der Waals surface area (Å²) in [5.74, 6) is -3.03. The molecular formula is C22H30ClF2N5O7S2. The standard InChI is InChI=1S/C21H26ClF2N5O4S.CH4O3S/c22-12-9-15(23)14(16(24)10-12)11-33-19-17(18(25)31)20(34-28-19)27-21(32)26-5-3-13(30)4-8-29-6-1-2-7-29;1-5(2,3)4/h9-10,13,30H,1-8,11H2,(H2,25,31)(H2,26,27,32);1H3,(H,2,3,4). The summed E-state index contributed by atoms with van der Waals surface area (Å²) in [6.07, 6.45) is 3.54. The number of nitrogens with two attached hydrogens (primary N) is 1. The Morgan fingerprint density at radius 3 is 2.41 bits per heavy atom. The molecule has 39 heavy (non-hydrogen) atoms. The van der Waals surface area contributed by atoms with Crippen molar-refractivity contribution < 1.29 is 41.2 Å². The quantitative estimate of drug-likeness (QED) is 0.238. The molecule has 3 amide bonds. The van der Waals surface area contributed by atoms with Crippen LogP contribution in [0.25, 0.3) is 0 Å². The second-order valence-corrected chi connectivity index (χ2v) is 11.3. The first kappa shape index (κ1) is 32.6. The molecule has 1 aliphatic heterocycles. The van der Waals surface area contributed by atoms with Crippen molar-refractivity contribution >= 4 is 50.2 Å². The minimum atomic E-state index is -3.67. The summed E-state index contributed by atoms with van der Waals surface area (Å²) in [6, 6.07) is 1.24. The van der Waals surface area contributed by atoms with Gasteiger partial charge >= 0.3 is 6.03 Å². The molecule has 0 bridgehead atoms. The number of rotatable bonds is 11. The number of likely N-dealkylation sites (tertiary alicyclic amines) is 1. The second-order valence-electron chi connectivity index (χ2n) is 8.59. The number of ether oxygens (including phenoxy) is 1. The number of carbonyl (C=O) groups is 2. The van der Waals surface area contributed by atoms with Crippen LogP contribution >= 0.6 is 23.1 Å². The van der Waals surface area contributed by atoms with Gasteiger partial charge in [-0.15, -0.1) is 0 Å². The lowest BCUT2D eigenvalue weighted by atomic mass is 10.2. The summed E-state index contributed by atoms with van der Waals surface area (Å²) in [5.41, 5.74) is 4.76. The number of aliphatic hydroxyl groups excluding tert-OH is 1. The Labute approximate surface area is 233 Å². The SMILES string of the molecule is CS(=O)(=O)O.NC(=O)c1c(OCc2c(F)cc(Cl)cc2F)nsc1NC(=O)NCCC(O)CCN1CCCC1. The number of benzene rings is 1. The molecule has 0 saturated carbocycles. The van der Waals surface area contributed by atoms with Gasteiger partial charge in [0, 0.05) is 18.1 Å². The van der Waals surface area contributed by atoms with Crippen molar-refractivity contribution in [1.29, 1.82) is 0 Å². The van der Waals surface area contributed by atoms with Crippen LogP contribution in [0.2, 0.25) is 5.02 Å². The molecule has 0 radical (unpaired) electrons. The number of aromatic nitrogens is 1. The van der Waals surface area contributed by atoms with Crippen molar-refractivity contribution in [3.8, 4) is 5.88 Å². The van der Waals surface area contributed by atoms with Gasteiger partial charge in [0.1, 0.15) is 28.8 Å². The van der Waals surface area contributed by atoms with Gasteiger partial charge in [0.15, 0.2) is 0 Å². The zero-order valence-corrected chi connectivity index (χ0v) is 23.3. The molecule has 2 heterocycles. The number of aliphatic hydroxyl groups is 1. The first-order valence-electron chi connectivity index (χ1n) is 11.7. The maximum Gasteiger partial charge on any atom is 0.319 e.